The lowest BCUT2D eigenvalue weighted by Gasteiger charge is -2.03. The first-order valence-electron chi connectivity index (χ1n) is 6.21. The number of rotatable bonds is 3. The predicted octanol–water partition coefficient (Wildman–Crippen LogP) is 3.23. The Morgan fingerprint density at radius 2 is 2.05 bits per heavy atom. The smallest absolute Gasteiger partial charge is 0.259 e. The van der Waals surface area contributed by atoms with E-state index in [0.29, 0.717) is 11.4 Å². The molecule has 5 nitrogen and oxygen atoms in total. The monoisotopic (exact) mass is 267 g/mol. The van der Waals surface area contributed by atoms with Gasteiger partial charge >= 0.3 is 0 Å². The average Bonchev–Trinajstić information content (AvgIpc) is 3.10. The van der Waals surface area contributed by atoms with E-state index >= 15 is 0 Å². The van der Waals surface area contributed by atoms with Crippen LogP contribution in [0.4, 0.5) is 5.88 Å². The van der Waals surface area contributed by atoms with Crippen LogP contribution in [-0.2, 0) is 0 Å². The van der Waals surface area contributed by atoms with Crippen molar-refractivity contribution in [3.63, 3.8) is 0 Å². The Hall–Kier alpha value is -2.82. The van der Waals surface area contributed by atoms with E-state index in [-0.39, 0.29) is 5.91 Å². The number of aromatic amines is 1. The summed E-state index contributed by atoms with van der Waals surface area (Å²) >= 11 is 0. The van der Waals surface area contributed by atoms with Gasteiger partial charge < -0.3 is 9.51 Å². The number of amides is 1. The molecular formula is C15H13N3O2. The van der Waals surface area contributed by atoms with Crippen molar-refractivity contribution < 1.29 is 9.32 Å². The minimum Gasteiger partial charge on any atom is -0.367 e. The first kappa shape index (κ1) is 12.2. The summed E-state index contributed by atoms with van der Waals surface area (Å²) < 4.78 is 5.23. The Bertz CT molecular complexity index is 715. The van der Waals surface area contributed by atoms with E-state index in [4.69, 9.17) is 4.52 Å². The molecule has 3 aromatic rings. The normalized spacial score (nSPS) is 10.4. The average molecular weight is 267 g/mol. The molecule has 2 N–H and O–H groups in total. The van der Waals surface area contributed by atoms with Crippen molar-refractivity contribution in [3.05, 3.63) is 60.0 Å². The Morgan fingerprint density at radius 1 is 1.25 bits per heavy atom. The van der Waals surface area contributed by atoms with Crippen LogP contribution in [0.15, 0.2) is 53.3 Å². The number of aryl methyl sites for hydroxylation is 1. The first-order chi connectivity index (χ1) is 9.75. The highest BCUT2D eigenvalue weighted by molar-refractivity contribution is 6.05. The highest BCUT2D eigenvalue weighted by Crippen LogP contribution is 2.31. The molecule has 20 heavy (non-hydrogen) atoms. The van der Waals surface area contributed by atoms with Crippen LogP contribution in [0, 0.1) is 6.92 Å². The molecule has 0 atom stereocenters. The molecule has 0 saturated carbocycles. The quantitative estimate of drug-likeness (QED) is 0.765. The second-order valence-electron chi connectivity index (χ2n) is 4.39. The Kier molecular flexibility index (Phi) is 3.09. The molecule has 0 fully saturated rings. The summed E-state index contributed by atoms with van der Waals surface area (Å²) in [4.78, 5) is 14.9. The fourth-order valence-corrected chi connectivity index (χ4v) is 2.04. The lowest BCUT2D eigenvalue weighted by molar-refractivity contribution is 0.102. The number of anilines is 1. The summed E-state index contributed by atoms with van der Waals surface area (Å²) in [6.07, 6.45) is 3.32. The number of aromatic nitrogens is 2. The third-order valence-corrected chi connectivity index (χ3v) is 3.01. The molecule has 2 heterocycles. The highest BCUT2D eigenvalue weighted by atomic mass is 16.5. The van der Waals surface area contributed by atoms with Crippen LogP contribution in [-0.4, -0.2) is 16.0 Å². The zero-order valence-electron chi connectivity index (χ0n) is 10.9. The van der Waals surface area contributed by atoms with Crippen LogP contribution in [0.5, 0.6) is 0 Å². The zero-order valence-corrected chi connectivity index (χ0v) is 10.9. The van der Waals surface area contributed by atoms with Crippen molar-refractivity contribution >= 4 is 11.8 Å². The van der Waals surface area contributed by atoms with Crippen LogP contribution < -0.4 is 5.32 Å². The molecule has 0 aliphatic carbocycles. The molecule has 0 bridgehead atoms. The predicted molar refractivity (Wildman–Crippen MR) is 75.4 cm³/mol. The topological polar surface area (TPSA) is 70.9 Å². The molecule has 0 aliphatic heterocycles. The standard InChI is InChI=1S/C15H13N3O2/c1-10-13(11-5-3-2-4-6-11)15(20-18-10)17-14(19)12-7-8-16-9-12/h2-9,16H,1H3,(H,17,19). The van der Waals surface area contributed by atoms with Crippen molar-refractivity contribution in [2.24, 2.45) is 0 Å². The second kappa shape index (κ2) is 5.05. The minimum atomic E-state index is -0.236. The van der Waals surface area contributed by atoms with Crippen molar-refractivity contribution in [3.8, 4) is 11.1 Å². The van der Waals surface area contributed by atoms with E-state index < -0.39 is 0 Å². The van der Waals surface area contributed by atoms with Crippen LogP contribution in [0.3, 0.4) is 0 Å². The van der Waals surface area contributed by atoms with E-state index in [1.54, 1.807) is 18.5 Å². The van der Waals surface area contributed by atoms with E-state index in [1.165, 1.54) is 0 Å². The van der Waals surface area contributed by atoms with Gasteiger partial charge in [0.2, 0.25) is 5.88 Å². The van der Waals surface area contributed by atoms with Gasteiger partial charge in [0.1, 0.15) is 0 Å². The van der Waals surface area contributed by atoms with E-state index in [9.17, 15) is 4.79 Å². The van der Waals surface area contributed by atoms with Crippen LogP contribution in [0.25, 0.3) is 11.1 Å². The van der Waals surface area contributed by atoms with Gasteiger partial charge in [-0.1, -0.05) is 35.5 Å². The summed E-state index contributed by atoms with van der Waals surface area (Å²) in [5.74, 6) is 0.125. The van der Waals surface area contributed by atoms with Crippen LogP contribution >= 0.6 is 0 Å². The SMILES string of the molecule is Cc1noc(NC(=O)c2cc[nH]c2)c1-c1ccccc1. The summed E-state index contributed by atoms with van der Waals surface area (Å²) in [5.41, 5.74) is 3.03. The van der Waals surface area contributed by atoms with E-state index in [0.717, 1.165) is 16.8 Å². The molecule has 5 heteroatoms. The fourth-order valence-electron chi connectivity index (χ4n) is 2.04. The lowest BCUT2D eigenvalue weighted by Crippen LogP contribution is -2.11. The highest BCUT2D eigenvalue weighted by Gasteiger charge is 2.17. The van der Waals surface area contributed by atoms with E-state index in [1.807, 2.05) is 37.3 Å². The van der Waals surface area contributed by atoms with Crippen LogP contribution in [0.1, 0.15) is 16.1 Å². The van der Waals surface area contributed by atoms with Crippen molar-refractivity contribution in [2.45, 2.75) is 6.92 Å². The number of benzene rings is 1. The molecule has 1 amide bonds. The van der Waals surface area contributed by atoms with Gasteiger partial charge in [-0.2, -0.15) is 0 Å². The summed E-state index contributed by atoms with van der Waals surface area (Å²) in [6, 6.07) is 11.4. The van der Waals surface area contributed by atoms with Crippen LogP contribution in [0.2, 0.25) is 0 Å². The third kappa shape index (κ3) is 2.21. The summed E-state index contributed by atoms with van der Waals surface area (Å²) in [7, 11) is 0. The molecule has 0 unspecified atom stereocenters. The van der Waals surface area contributed by atoms with E-state index in [2.05, 4.69) is 15.5 Å². The Morgan fingerprint density at radius 3 is 2.75 bits per heavy atom. The maximum atomic E-state index is 12.0. The van der Waals surface area contributed by atoms with Gasteiger partial charge in [0.15, 0.2) is 0 Å². The van der Waals surface area contributed by atoms with Gasteiger partial charge in [-0.05, 0) is 18.6 Å². The molecule has 0 saturated heterocycles. The Balaban J connectivity index is 1.94. The van der Waals surface area contributed by atoms with Gasteiger partial charge in [0.25, 0.3) is 5.91 Å². The largest absolute Gasteiger partial charge is 0.367 e. The minimum absolute atomic E-state index is 0.236. The number of nitrogens with one attached hydrogen (secondary N) is 2. The molecule has 3 rings (SSSR count). The third-order valence-electron chi connectivity index (χ3n) is 3.01. The lowest BCUT2D eigenvalue weighted by atomic mass is 10.1. The number of carbonyl (C=O) groups is 1. The van der Waals surface area contributed by atoms with Crippen molar-refractivity contribution in [1.29, 1.82) is 0 Å². The van der Waals surface area contributed by atoms with Gasteiger partial charge in [0, 0.05) is 12.4 Å². The molecule has 0 aliphatic rings. The van der Waals surface area contributed by atoms with Gasteiger partial charge in [-0.15, -0.1) is 0 Å². The Labute approximate surface area is 115 Å². The number of nitrogens with zero attached hydrogens (tertiary/aromatic N) is 1. The molecule has 0 spiro atoms. The van der Waals surface area contributed by atoms with Gasteiger partial charge in [-0.25, -0.2) is 0 Å². The maximum Gasteiger partial charge on any atom is 0.259 e. The number of H-pyrrole nitrogens is 1. The number of hydrogen-bond donors (Lipinski definition) is 2. The number of hydrogen-bond acceptors (Lipinski definition) is 3. The molecule has 2 aromatic heterocycles. The molecule has 1 aromatic carbocycles. The van der Waals surface area contributed by atoms with Crippen molar-refractivity contribution in [2.75, 3.05) is 5.32 Å². The molecule has 0 radical (unpaired) electrons. The summed E-state index contributed by atoms with van der Waals surface area (Å²) in [5, 5.41) is 6.67. The van der Waals surface area contributed by atoms with Crippen molar-refractivity contribution in [1.82, 2.24) is 10.1 Å². The number of carbonyl (C=O) groups excluding carboxylic acids is 1. The summed E-state index contributed by atoms with van der Waals surface area (Å²) in [6.45, 7) is 1.85. The van der Waals surface area contributed by atoms with Gasteiger partial charge in [-0.3, -0.25) is 10.1 Å². The molecular weight excluding hydrogens is 254 g/mol. The zero-order chi connectivity index (χ0) is 13.9. The fraction of sp³-hybridized carbons (Fsp3) is 0.0667. The maximum absolute atomic E-state index is 12.0. The second-order valence-corrected chi connectivity index (χ2v) is 4.39. The molecule has 100 valence electrons. The van der Waals surface area contributed by atoms with Gasteiger partial charge in [0.05, 0.1) is 16.8 Å². The first-order valence-corrected chi connectivity index (χ1v) is 6.21.